The number of carbonyl (C=O) groups is 1. The van der Waals surface area contributed by atoms with Gasteiger partial charge >= 0.3 is 5.97 Å². The number of carboxylic acids is 1. The molecule has 4 atom stereocenters. The van der Waals surface area contributed by atoms with Gasteiger partial charge in [-0.25, -0.2) is 9.78 Å². The highest BCUT2D eigenvalue weighted by Crippen LogP contribution is 2.43. The number of hydrogen-bond donors (Lipinski definition) is 3. The third-order valence-corrected chi connectivity index (χ3v) is 7.09. The van der Waals surface area contributed by atoms with Crippen molar-refractivity contribution in [2.24, 2.45) is 11.7 Å². The molecule has 178 valence electrons. The molecule has 1 fully saturated rings. The van der Waals surface area contributed by atoms with Crippen LogP contribution >= 0.6 is 11.8 Å². The predicted octanol–water partition coefficient (Wildman–Crippen LogP) is 4.31. The number of rotatable bonds is 8. The Kier molecular flexibility index (Phi) is 7.97. The zero-order valence-electron chi connectivity index (χ0n) is 18.8. The molecule has 2 heterocycles. The van der Waals surface area contributed by atoms with Gasteiger partial charge in [0.25, 0.3) is 0 Å². The van der Waals surface area contributed by atoms with Crippen LogP contribution in [0.25, 0.3) is 0 Å². The number of hydrogen-bond acceptors (Lipinski definition) is 7. The monoisotopic (exact) mass is 480 g/mol. The van der Waals surface area contributed by atoms with Crippen LogP contribution in [-0.4, -0.2) is 33.0 Å². The first-order valence-electron chi connectivity index (χ1n) is 11.1. The van der Waals surface area contributed by atoms with E-state index in [0.717, 1.165) is 22.3 Å². The quantitative estimate of drug-likeness (QED) is 0.409. The lowest BCUT2D eigenvalue weighted by Crippen LogP contribution is -2.38. The lowest BCUT2D eigenvalue weighted by molar-refractivity contribution is -0.268. The number of thioether (sulfide) groups is 1. The van der Waals surface area contributed by atoms with Crippen LogP contribution in [0.1, 0.15) is 51.9 Å². The largest absolute Gasteiger partial charge is 0.478 e. The van der Waals surface area contributed by atoms with Crippen LogP contribution in [0.3, 0.4) is 0 Å². The Balaban J connectivity index is 1.60. The number of aromatic carboxylic acids is 1. The second-order valence-corrected chi connectivity index (χ2v) is 9.25. The first kappa shape index (κ1) is 24.4. The lowest BCUT2D eigenvalue weighted by atomic mass is 9.91. The molecule has 4 rings (SSSR count). The van der Waals surface area contributed by atoms with Crippen molar-refractivity contribution in [3.63, 3.8) is 0 Å². The van der Waals surface area contributed by atoms with Gasteiger partial charge in [-0.2, -0.15) is 0 Å². The van der Waals surface area contributed by atoms with Gasteiger partial charge in [0.2, 0.25) is 0 Å². The fraction of sp³-hybridized carbons (Fsp3) is 0.308. The summed E-state index contributed by atoms with van der Waals surface area (Å²) in [6, 6.07) is 18.7. The molecule has 0 radical (unpaired) electrons. The highest BCUT2D eigenvalue weighted by molar-refractivity contribution is 7.99. The molecule has 7 nitrogen and oxygen atoms in total. The van der Waals surface area contributed by atoms with E-state index < -0.39 is 12.3 Å². The van der Waals surface area contributed by atoms with Gasteiger partial charge in [-0.05, 0) is 28.8 Å². The third-order valence-electron chi connectivity index (χ3n) is 6.00. The van der Waals surface area contributed by atoms with Gasteiger partial charge in [0.1, 0.15) is 5.03 Å². The van der Waals surface area contributed by atoms with E-state index in [0.29, 0.717) is 17.3 Å². The maximum Gasteiger partial charge on any atom is 0.338 e. The van der Waals surface area contributed by atoms with Gasteiger partial charge in [-0.1, -0.05) is 55.5 Å². The number of benzene rings is 2. The Bertz CT molecular complexity index is 1110. The summed E-state index contributed by atoms with van der Waals surface area (Å²) in [5.41, 5.74) is 9.66. The SMILES string of the molecule is C[C@H]1[C@@H](CSc2ncccc2C(=O)O)OC(c2ccc(CN)cc2)O[C@H]1c1ccc(CO)cc1. The average molecular weight is 481 g/mol. The number of pyridine rings is 1. The molecule has 1 saturated heterocycles. The zero-order chi connectivity index (χ0) is 24.1. The Morgan fingerprint density at radius 1 is 1.03 bits per heavy atom. The molecule has 1 aromatic heterocycles. The summed E-state index contributed by atoms with van der Waals surface area (Å²) in [5.74, 6) is -0.495. The van der Waals surface area contributed by atoms with E-state index in [1.54, 1.807) is 18.3 Å². The van der Waals surface area contributed by atoms with Gasteiger partial charge in [0, 0.05) is 30.0 Å². The number of ether oxygens (including phenoxy) is 2. The molecule has 4 N–H and O–H groups in total. The molecule has 2 aromatic carbocycles. The molecule has 0 aliphatic carbocycles. The Morgan fingerprint density at radius 2 is 1.71 bits per heavy atom. The topological polar surface area (TPSA) is 115 Å². The van der Waals surface area contributed by atoms with Crippen LogP contribution in [-0.2, 0) is 22.6 Å². The van der Waals surface area contributed by atoms with Crippen molar-refractivity contribution in [2.45, 2.75) is 43.6 Å². The fourth-order valence-corrected chi connectivity index (χ4v) is 5.10. The summed E-state index contributed by atoms with van der Waals surface area (Å²) in [6.45, 7) is 2.51. The zero-order valence-corrected chi connectivity index (χ0v) is 19.7. The van der Waals surface area contributed by atoms with Crippen LogP contribution in [0.2, 0.25) is 0 Å². The molecular formula is C26H28N2O5S. The number of carboxylic acid groups (broad SMARTS) is 1. The lowest BCUT2D eigenvalue weighted by Gasteiger charge is -2.41. The standard InChI is InChI=1S/C26H28N2O5S/c1-16-22(15-34-24-21(25(30)31)3-2-12-28-24)32-26(20-10-4-17(13-27)5-11-20)33-23(16)19-8-6-18(14-29)7-9-19/h2-12,16,22-23,26,29H,13-15,27H2,1H3,(H,30,31)/t16-,22+,23+,26?/m0/s1. The number of aliphatic hydroxyl groups excluding tert-OH is 1. The molecule has 0 saturated carbocycles. The van der Waals surface area contributed by atoms with E-state index >= 15 is 0 Å². The molecule has 0 amide bonds. The van der Waals surface area contributed by atoms with Crippen LogP contribution in [0.4, 0.5) is 0 Å². The van der Waals surface area contributed by atoms with Crippen molar-refractivity contribution in [3.05, 3.63) is 94.7 Å². The van der Waals surface area contributed by atoms with Crippen molar-refractivity contribution in [3.8, 4) is 0 Å². The molecule has 0 bridgehead atoms. The van der Waals surface area contributed by atoms with Crippen LogP contribution < -0.4 is 5.73 Å². The van der Waals surface area contributed by atoms with E-state index in [2.05, 4.69) is 11.9 Å². The normalized spacial score (nSPS) is 22.4. The summed E-state index contributed by atoms with van der Waals surface area (Å²) in [5, 5.41) is 19.3. The summed E-state index contributed by atoms with van der Waals surface area (Å²) in [4.78, 5) is 15.8. The Hall–Kier alpha value is -2.75. The molecule has 8 heteroatoms. The van der Waals surface area contributed by atoms with Gasteiger partial charge in [-0.3, -0.25) is 0 Å². The smallest absolute Gasteiger partial charge is 0.338 e. The molecule has 0 spiro atoms. The second-order valence-electron chi connectivity index (χ2n) is 8.24. The molecule has 1 aliphatic rings. The predicted molar refractivity (Wildman–Crippen MR) is 129 cm³/mol. The highest BCUT2D eigenvalue weighted by atomic mass is 32.2. The van der Waals surface area contributed by atoms with Crippen molar-refractivity contribution >= 4 is 17.7 Å². The maximum atomic E-state index is 11.6. The highest BCUT2D eigenvalue weighted by Gasteiger charge is 2.38. The first-order chi connectivity index (χ1) is 16.5. The summed E-state index contributed by atoms with van der Waals surface area (Å²) < 4.78 is 12.8. The van der Waals surface area contributed by atoms with Gasteiger partial charge in [-0.15, -0.1) is 11.8 Å². The van der Waals surface area contributed by atoms with E-state index in [9.17, 15) is 15.0 Å². The minimum Gasteiger partial charge on any atom is -0.478 e. The third kappa shape index (κ3) is 5.48. The van der Waals surface area contributed by atoms with Gasteiger partial charge < -0.3 is 25.4 Å². The Morgan fingerprint density at radius 3 is 2.35 bits per heavy atom. The minimum atomic E-state index is -1.00. The van der Waals surface area contributed by atoms with Crippen molar-refractivity contribution < 1.29 is 24.5 Å². The molecule has 1 aliphatic heterocycles. The number of nitrogens with two attached hydrogens (primary N) is 1. The van der Waals surface area contributed by atoms with E-state index in [-0.39, 0.29) is 30.3 Å². The average Bonchev–Trinajstić information content (AvgIpc) is 2.88. The van der Waals surface area contributed by atoms with E-state index in [4.69, 9.17) is 15.2 Å². The maximum absolute atomic E-state index is 11.6. The van der Waals surface area contributed by atoms with E-state index in [1.165, 1.54) is 11.8 Å². The van der Waals surface area contributed by atoms with Crippen molar-refractivity contribution in [1.29, 1.82) is 0 Å². The number of nitrogens with zero attached hydrogens (tertiary/aromatic N) is 1. The van der Waals surface area contributed by atoms with Crippen LogP contribution in [0, 0.1) is 5.92 Å². The Labute approximate surface area is 202 Å². The first-order valence-corrected chi connectivity index (χ1v) is 12.1. The number of aliphatic hydroxyl groups is 1. The summed E-state index contributed by atoms with van der Waals surface area (Å²) >= 11 is 1.37. The van der Waals surface area contributed by atoms with Gasteiger partial charge in [0.15, 0.2) is 6.29 Å². The molecule has 34 heavy (non-hydrogen) atoms. The van der Waals surface area contributed by atoms with Crippen LogP contribution in [0.5, 0.6) is 0 Å². The van der Waals surface area contributed by atoms with Crippen molar-refractivity contribution in [1.82, 2.24) is 4.98 Å². The van der Waals surface area contributed by atoms with Crippen LogP contribution in [0.15, 0.2) is 71.9 Å². The summed E-state index contributed by atoms with van der Waals surface area (Å²) in [7, 11) is 0. The summed E-state index contributed by atoms with van der Waals surface area (Å²) in [6.07, 6.45) is 0.549. The molecule has 1 unspecified atom stereocenters. The van der Waals surface area contributed by atoms with E-state index in [1.807, 2.05) is 48.5 Å². The number of aromatic nitrogens is 1. The van der Waals surface area contributed by atoms with Gasteiger partial charge in [0.05, 0.1) is 24.4 Å². The minimum absolute atomic E-state index is 0.0102. The molecule has 3 aromatic rings. The second kappa shape index (κ2) is 11.1. The fourth-order valence-electron chi connectivity index (χ4n) is 3.95. The van der Waals surface area contributed by atoms with Crippen molar-refractivity contribution in [2.75, 3.05) is 5.75 Å². The molecular weight excluding hydrogens is 452 g/mol.